The van der Waals surface area contributed by atoms with Crippen LogP contribution in [0.3, 0.4) is 0 Å². The summed E-state index contributed by atoms with van der Waals surface area (Å²) in [6.07, 6.45) is 2.65. The van der Waals surface area contributed by atoms with Gasteiger partial charge in [0.25, 0.3) is 0 Å². The Bertz CT molecular complexity index is 556. The van der Waals surface area contributed by atoms with E-state index in [4.69, 9.17) is 10.5 Å². The molecule has 2 rings (SSSR count). The first kappa shape index (κ1) is 14.7. The second-order valence-electron chi connectivity index (χ2n) is 4.32. The average Bonchev–Trinajstić information content (AvgIpc) is 2.88. The van der Waals surface area contributed by atoms with Crippen molar-refractivity contribution in [3.63, 3.8) is 0 Å². The molecule has 108 valence electrons. The maximum atomic E-state index is 6.00. The number of nitrogens with zero attached hydrogens (tertiary/aromatic N) is 3. The third-order valence-electron chi connectivity index (χ3n) is 2.78. The molecule has 0 fully saturated rings. The molecule has 0 spiro atoms. The van der Waals surface area contributed by atoms with Crippen LogP contribution in [0.25, 0.3) is 0 Å². The SMILES string of the molecule is CCCn1ncnc1CSc1cc(OCC)ccc1N. The van der Waals surface area contributed by atoms with Gasteiger partial charge in [-0.05, 0) is 31.5 Å². The van der Waals surface area contributed by atoms with Gasteiger partial charge in [0.2, 0.25) is 0 Å². The Hall–Kier alpha value is -1.69. The Morgan fingerprint density at radius 3 is 2.95 bits per heavy atom. The number of aryl methyl sites for hydroxylation is 1. The average molecular weight is 292 g/mol. The number of thioether (sulfide) groups is 1. The van der Waals surface area contributed by atoms with Crippen molar-refractivity contribution in [3.05, 3.63) is 30.4 Å². The highest BCUT2D eigenvalue weighted by Gasteiger charge is 2.07. The molecule has 20 heavy (non-hydrogen) atoms. The van der Waals surface area contributed by atoms with Crippen LogP contribution in [0.4, 0.5) is 5.69 Å². The Balaban J connectivity index is 2.06. The first-order valence-corrected chi connectivity index (χ1v) is 7.75. The van der Waals surface area contributed by atoms with E-state index in [2.05, 4.69) is 17.0 Å². The van der Waals surface area contributed by atoms with Gasteiger partial charge in [0.15, 0.2) is 0 Å². The van der Waals surface area contributed by atoms with Crippen molar-refractivity contribution in [2.75, 3.05) is 12.3 Å². The molecule has 1 aromatic heterocycles. The lowest BCUT2D eigenvalue weighted by Crippen LogP contribution is -2.04. The fourth-order valence-corrected chi connectivity index (χ4v) is 2.78. The summed E-state index contributed by atoms with van der Waals surface area (Å²) in [6.45, 7) is 5.64. The maximum Gasteiger partial charge on any atom is 0.138 e. The van der Waals surface area contributed by atoms with Gasteiger partial charge in [-0.2, -0.15) is 5.10 Å². The summed E-state index contributed by atoms with van der Waals surface area (Å²) in [5.41, 5.74) is 6.77. The number of nitrogen functional groups attached to an aromatic ring is 1. The van der Waals surface area contributed by atoms with E-state index >= 15 is 0 Å². The van der Waals surface area contributed by atoms with Gasteiger partial charge in [0, 0.05) is 17.1 Å². The lowest BCUT2D eigenvalue weighted by Gasteiger charge is -2.09. The molecule has 2 N–H and O–H groups in total. The van der Waals surface area contributed by atoms with E-state index in [1.807, 2.05) is 29.8 Å². The van der Waals surface area contributed by atoms with Crippen molar-refractivity contribution >= 4 is 17.4 Å². The normalized spacial score (nSPS) is 10.7. The predicted octanol–water partition coefficient (Wildman–Crippen LogP) is 2.96. The van der Waals surface area contributed by atoms with Gasteiger partial charge in [-0.15, -0.1) is 11.8 Å². The Kier molecular flexibility index (Phi) is 5.29. The number of nitrogens with two attached hydrogens (primary N) is 1. The van der Waals surface area contributed by atoms with Crippen molar-refractivity contribution in [1.29, 1.82) is 0 Å². The minimum Gasteiger partial charge on any atom is -0.494 e. The lowest BCUT2D eigenvalue weighted by molar-refractivity contribution is 0.339. The summed E-state index contributed by atoms with van der Waals surface area (Å²) in [7, 11) is 0. The second kappa shape index (κ2) is 7.19. The summed E-state index contributed by atoms with van der Waals surface area (Å²) in [4.78, 5) is 5.31. The molecule has 0 bridgehead atoms. The quantitative estimate of drug-likeness (QED) is 0.628. The molecule has 0 aliphatic carbocycles. The standard InChI is InChI=1S/C14H20N4OS/c1-3-7-18-14(16-10-17-18)9-20-13-8-11(19-4-2)5-6-12(13)15/h5-6,8,10H,3-4,7,9,15H2,1-2H3. The van der Waals surface area contributed by atoms with Crippen molar-refractivity contribution < 1.29 is 4.74 Å². The van der Waals surface area contributed by atoms with Crippen LogP contribution in [-0.2, 0) is 12.3 Å². The largest absolute Gasteiger partial charge is 0.494 e. The van der Waals surface area contributed by atoms with Crippen LogP contribution in [0.2, 0.25) is 0 Å². The molecule has 0 amide bonds. The fourth-order valence-electron chi connectivity index (χ4n) is 1.84. The molecule has 5 nitrogen and oxygen atoms in total. The molecule has 0 unspecified atom stereocenters. The highest BCUT2D eigenvalue weighted by atomic mass is 32.2. The molecule has 6 heteroatoms. The van der Waals surface area contributed by atoms with Gasteiger partial charge in [-0.25, -0.2) is 9.67 Å². The molecule has 0 aliphatic rings. The van der Waals surface area contributed by atoms with Crippen molar-refractivity contribution in [2.24, 2.45) is 0 Å². The van der Waals surface area contributed by atoms with E-state index in [-0.39, 0.29) is 0 Å². The van der Waals surface area contributed by atoms with E-state index in [0.29, 0.717) is 6.61 Å². The Morgan fingerprint density at radius 2 is 2.20 bits per heavy atom. The Morgan fingerprint density at radius 1 is 1.35 bits per heavy atom. The van der Waals surface area contributed by atoms with E-state index < -0.39 is 0 Å². The van der Waals surface area contributed by atoms with Gasteiger partial charge >= 0.3 is 0 Å². The summed E-state index contributed by atoms with van der Waals surface area (Å²) >= 11 is 1.66. The highest BCUT2D eigenvalue weighted by Crippen LogP contribution is 2.31. The lowest BCUT2D eigenvalue weighted by atomic mass is 10.3. The zero-order chi connectivity index (χ0) is 14.4. The van der Waals surface area contributed by atoms with Gasteiger partial charge in [-0.3, -0.25) is 0 Å². The summed E-state index contributed by atoms with van der Waals surface area (Å²) in [6, 6.07) is 5.75. The molecule has 0 atom stereocenters. The minimum absolute atomic E-state index is 0.652. The predicted molar refractivity (Wildman–Crippen MR) is 81.9 cm³/mol. The number of aromatic nitrogens is 3. The fraction of sp³-hybridized carbons (Fsp3) is 0.429. The van der Waals surface area contributed by atoms with Crippen LogP contribution in [0.1, 0.15) is 26.1 Å². The van der Waals surface area contributed by atoms with E-state index in [0.717, 1.165) is 40.9 Å². The van der Waals surface area contributed by atoms with Gasteiger partial charge in [-0.1, -0.05) is 6.92 Å². The van der Waals surface area contributed by atoms with E-state index in [1.165, 1.54) is 0 Å². The molecular weight excluding hydrogens is 272 g/mol. The van der Waals surface area contributed by atoms with Crippen LogP contribution in [0, 0.1) is 0 Å². The smallest absolute Gasteiger partial charge is 0.138 e. The summed E-state index contributed by atoms with van der Waals surface area (Å²) < 4.78 is 7.44. The molecule has 0 aliphatic heterocycles. The number of rotatable bonds is 7. The highest BCUT2D eigenvalue weighted by molar-refractivity contribution is 7.98. The number of anilines is 1. The van der Waals surface area contributed by atoms with Crippen molar-refractivity contribution in [1.82, 2.24) is 14.8 Å². The Labute approximate surface area is 123 Å². The second-order valence-corrected chi connectivity index (χ2v) is 5.34. The van der Waals surface area contributed by atoms with E-state index in [1.54, 1.807) is 18.1 Å². The maximum absolute atomic E-state index is 6.00. The zero-order valence-corrected chi connectivity index (χ0v) is 12.7. The molecule has 0 saturated carbocycles. The molecule has 1 heterocycles. The molecular formula is C14H20N4OS. The zero-order valence-electron chi connectivity index (χ0n) is 11.9. The first-order valence-electron chi connectivity index (χ1n) is 6.76. The summed E-state index contributed by atoms with van der Waals surface area (Å²) in [5, 5.41) is 4.22. The molecule has 0 saturated heterocycles. The number of benzene rings is 1. The minimum atomic E-state index is 0.652. The van der Waals surface area contributed by atoms with Crippen molar-refractivity contribution in [2.45, 2.75) is 37.5 Å². The topological polar surface area (TPSA) is 66.0 Å². The van der Waals surface area contributed by atoms with Gasteiger partial charge in [0.05, 0.1) is 12.4 Å². The van der Waals surface area contributed by atoms with Gasteiger partial charge < -0.3 is 10.5 Å². The molecule has 1 aromatic carbocycles. The monoisotopic (exact) mass is 292 g/mol. The van der Waals surface area contributed by atoms with Crippen LogP contribution < -0.4 is 10.5 Å². The first-order chi connectivity index (χ1) is 9.74. The summed E-state index contributed by atoms with van der Waals surface area (Å²) in [5.74, 6) is 2.57. The third kappa shape index (κ3) is 3.66. The third-order valence-corrected chi connectivity index (χ3v) is 3.85. The number of ether oxygens (including phenoxy) is 1. The molecule has 0 radical (unpaired) electrons. The van der Waals surface area contributed by atoms with Crippen LogP contribution in [-0.4, -0.2) is 21.4 Å². The molecule has 2 aromatic rings. The van der Waals surface area contributed by atoms with E-state index in [9.17, 15) is 0 Å². The van der Waals surface area contributed by atoms with Crippen LogP contribution in [0.15, 0.2) is 29.4 Å². The van der Waals surface area contributed by atoms with Crippen molar-refractivity contribution in [3.8, 4) is 5.75 Å². The van der Waals surface area contributed by atoms with Crippen LogP contribution >= 0.6 is 11.8 Å². The van der Waals surface area contributed by atoms with Gasteiger partial charge in [0.1, 0.15) is 17.9 Å². The number of hydrogen-bond donors (Lipinski definition) is 1. The van der Waals surface area contributed by atoms with Crippen LogP contribution in [0.5, 0.6) is 5.75 Å². The number of hydrogen-bond acceptors (Lipinski definition) is 5.